The molecule has 0 aliphatic heterocycles. The monoisotopic (exact) mass is 310 g/mol. The van der Waals surface area contributed by atoms with Crippen molar-refractivity contribution in [2.45, 2.75) is 12.8 Å². The summed E-state index contributed by atoms with van der Waals surface area (Å²) in [6, 6.07) is 13.2. The summed E-state index contributed by atoms with van der Waals surface area (Å²) < 4.78 is 4.87. The van der Waals surface area contributed by atoms with Gasteiger partial charge in [-0.15, -0.1) is 0 Å². The van der Waals surface area contributed by atoms with Gasteiger partial charge < -0.3 is 4.74 Å². The van der Waals surface area contributed by atoms with E-state index in [0.29, 0.717) is 5.56 Å². The standard InChI is InChI=1S/C17H14N2O4/c1-11-5-3-4-6-14(11)16(17(20)23-2)12-7-8-15(19(21)22)13(9-12)10-18/h3-9,16H,1-2H3/t16-/m0/s1. The Labute approximate surface area is 133 Å². The molecule has 0 aliphatic carbocycles. The highest BCUT2D eigenvalue weighted by Crippen LogP contribution is 2.31. The van der Waals surface area contributed by atoms with Gasteiger partial charge in [-0.1, -0.05) is 30.3 Å². The Balaban J connectivity index is 2.62. The third kappa shape index (κ3) is 3.19. The fourth-order valence-corrected chi connectivity index (χ4v) is 2.45. The van der Waals surface area contributed by atoms with Crippen LogP contribution in [0.5, 0.6) is 0 Å². The number of hydrogen-bond acceptors (Lipinski definition) is 5. The zero-order chi connectivity index (χ0) is 17.0. The minimum Gasteiger partial charge on any atom is -0.468 e. The number of hydrogen-bond donors (Lipinski definition) is 0. The predicted octanol–water partition coefficient (Wildman–Crippen LogP) is 3.08. The highest BCUT2D eigenvalue weighted by molar-refractivity contribution is 5.83. The quantitative estimate of drug-likeness (QED) is 0.491. The molecule has 0 N–H and O–H groups in total. The molecule has 116 valence electrons. The van der Waals surface area contributed by atoms with Crippen molar-refractivity contribution < 1.29 is 14.5 Å². The number of esters is 1. The van der Waals surface area contributed by atoms with Gasteiger partial charge in [0, 0.05) is 6.07 Å². The highest BCUT2D eigenvalue weighted by Gasteiger charge is 2.27. The average Bonchev–Trinajstić information content (AvgIpc) is 2.56. The van der Waals surface area contributed by atoms with Crippen LogP contribution in [0.4, 0.5) is 5.69 Å². The van der Waals surface area contributed by atoms with Crippen LogP contribution in [0.3, 0.4) is 0 Å². The number of nitro groups is 1. The lowest BCUT2D eigenvalue weighted by molar-refractivity contribution is -0.385. The minimum atomic E-state index is -0.742. The molecule has 2 aromatic rings. The number of methoxy groups -OCH3 is 1. The molecule has 0 aromatic heterocycles. The number of carbonyl (C=O) groups excluding carboxylic acids is 1. The lowest BCUT2D eigenvalue weighted by Crippen LogP contribution is -2.17. The van der Waals surface area contributed by atoms with Crippen LogP contribution < -0.4 is 0 Å². The first kappa shape index (κ1) is 16.2. The lowest BCUT2D eigenvalue weighted by Gasteiger charge is -2.18. The van der Waals surface area contributed by atoms with Crippen molar-refractivity contribution in [3.8, 4) is 6.07 Å². The van der Waals surface area contributed by atoms with Gasteiger partial charge in [0.1, 0.15) is 17.6 Å². The molecule has 0 fully saturated rings. The molecule has 0 radical (unpaired) electrons. The van der Waals surface area contributed by atoms with E-state index in [1.807, 2.05) is 19.1 Å². The number of rotatable bonds is 4. The predicted molar refractivity (Wildman–Crippen MR) is 82.8 cm³/mol. The summed E-state index contributed by atoms with van der Waals surface area (Å²) in [6.45, 7) is 1.86. The van der Waals surface area contributed by atoms with Gasteiger partial charge in [-0.3, -0.25) is 14.9 Å². The van der Waals surface area contributed by atoms with E-state index in [9.17, 15) is 14.9 Å². The van der Waals surface area contributed by atoms with E-state index in [4.69, 9.17) is 10.00 Å². The zero-order valence-electron chi connectivity index (χ0n) is 12.6. The number of nitriles is 1. The van der Waals surface area contributed by atoms with Crippen LogP contribution in [-0.2, 0) is 9.53 Å². The normalized spacial score (nSPS) is 11.3. The van der Waals surface area contributed by atoms with E-state index in [0.717, 1.165) is 11.1 Å². The van der Waals surface area contributed by atoms with Gasteiger partial charge in [0.05, 0.1) is 12.0 Å². The number of nitrogens with zero attached hydrogens (tertiary/aromatic N) is 2. The third-order valence-corrected chi connectivity index (χ3v) is 3.61. The van der Waals surface area contributed by atoms with E-state index in [2.05, 4.69) is 0 Å². The molecule has 0 unspecified atom stereocenters. The van der Waals surface area contributed by atoms with E-state index in [1.165, 1.54) is 25.3 Å². The molecule has 23 heavy (non-hydrogen) atoms. The molecule has 1 atom stereocenters. The van der Waals surface area contributed by atoms with Crippen LogP contribution in [0, 0.1) is 28.4 Å². The Morgan fingerprint density at radius 3 is 2.57 bits per heavy atom. The fourth-order valence-electron chi connectivity index (χ4n) is 2.45. The van der Waals surface area contributed by atoms with Gasteiger partial charge >= 0.3 is 5.97 Å². The zero-order valence-corrected chi connectivity index (χ0v) is 12.6. The Kier molecular flexibility index (Phi) is 4.72. The van der Waals surface area contributed by atoms with Gasteiger partial charge in [0.15, 0.2) is 0 Å². The maximum absolute atomic E-state index is 12.2. The first-order valence-corrected chi connectivity index (χ1v) is 6.81. The van der Waals surface area contributed by atoms with Crippen molar-refractivity contribution in [3.05, 3.63) is 74.8 Å². The summed E-state index contributed by atoms with van der Waals surface area (Å²) in [5, 5.41) is 20.1. The molecule has 2 rings (SSSR count). The third-order valence-electron chi connectivity index (χ3n) is 3.61. The van der Waals surface area contributed by atoms with Gasteiger partial charge in [0.2, 0.25) is 0 Å². The Morgan fingerprint density at radius 2 is 2.00 bits per heavy atom. The fraction of sp³-hybridized carbons (Fsp3) is 0.176. The van der Waals surface area contributed by atoms with Crippen LogP contribution in [0.1, 0.15) is 28.2 Å². The molecule has 6 heteroatoms. The van der Waals surface area contributed by atoms with Crippen molar-refractivity contribution in [1.29, 1.82) is 5.26 Å². The van der Waals surface area contributed by atoms with Crippen LogP contribution in [0.15, 0.2) is 42.5 Å². The van der Waals surface area contributed by atoms with Gasteiger partial charge in [-0.05, 0) is 29.7 Å². The van der Waals surface area contributed by atoms with Crippen molar-refractivity contribution in [2.24, 2.45) is 0 Å². The Bertz CT molecular complexity index is 808. The Hall–Kier alpha value is -3.20. The molecule has 6 nitrogen and oxygen atoms in total. The largest absolute Gasteiger partial charge is 0.468 e. The van der Waals surface area contributed by atoms with Crippen LogP contribution >= 0.6 is 0 Å². The molecule has 0 saturated heterocycles. The molecule has 0 spiro atoms. The molecule has 0 heterocycles. The molecular weight excluding hydrogens is 296 g/mol. The van der Waals surface area contributed by atoms with Crippen LogP contribution in [0.2, 0.25) is 0 Å². The van der Waals surface area contributed by atoms with Crippen molar-refractivity contribution in [2.75, 3.05) is 7.11 Å². The van der Waals surface area contributed by atoms with Gasteiger partial charge in [-0.2, -0.15) is 5.26 Å². The summed E-state index contributed by atoms with van der Waals surface area (Å²) >= 11 is 0. The van der Waals surface area contributed by atoms with Crippen molar-refractivity contribution in [1.82, 2.24) is 0 Å². The van der Waals surface area contributed by atoms with Crippen molar-refractivity contribution in [3.63, 3.8) is 0 Å². The van der Waals surface area contributed by atoms with E-state index < -0.39 is 16.8 Å². The number of benzene rings is 2. The number of ether oxygens (including phenoxy) is 1. The lowest BCUT2D eigenvalue weighted by atomic mass is 9.87. The second-order valence-corrected chi connectivity index (χ2v) is 4.96. The van der Waals surface area contributed by atoms with Crippen LogP contribution in [0.25, 0.3) is 0 Å². The summed E-state index contributed by atoms with van der Waals surface area (Å²) in [5.74, 6) is -1.23. The molecule has 0 amide bonds. The molecule has 2 aromatic carbocycles. The van der Waals surface area contributed by atoms with Crippen LogP contribution in [-0.4, -0.2) is 18.0 Å². The molecule has 0 saturated carbocycles. The number of carbonyl (C=O) groups is 1. The van der Waals surface area contributed by atoms with Gasteiger partial charge in [-0.25, -0.2) is 0 Å². The van der Waals surface area contributed by atoms with E-state index >= 15 is 0 Å². The maximum Gasteiger partial charge on any atom is 0.317 e. The topological polar surface area (TPSA) is 93.2 Å². The van der Waals surface area contributed by atoms with Crippen molar-refractivity contribution >= 4 is 11.7 Å². The first-order valence-electron chi connectivity index (χ1n) is 6.81. The SMILES string of the molecule is COC(=O)[C@@H](c1ccc([N+](=O)[O-])c(C#N)c1)c1ccccc1C. The second kappa shape index (κ2) is 6.71. The minimum absolute atomic E-state index is 0.0880. The Morgan fingerprint density at radius 1 is 1.30 bits per heavy atom. The molecule has 0 aliphatic rings. The van der Waals surface area contributed by atoms with E-state index in [-0.39, 0.29) is 11.3 Å². The molecular formula is C17H14N2O4. The van der Waals surface area contributed by atoms with Gasteiger partial charge in [0.25, 0.3) is 5.69 Å². The second-order valence-electron chi connectivity index (χ2n) is 4.96. The maximum atomic E-state index is 12.2. The van der Waals surface area contributed by atoms with E-state index in [1.54, 1.807) is 18.2 Å². The number of aryl methyl sites for hydroxylation is 1. The highest BCUT2D eigenvalue weighted by atomic mass is 16.6. The summed E-state index contributed by atoms with van der Waals surface area (Å²) in [7, 11) is 1.28. The first-order chi connectivity index (χ1) is 11.0. The summed E-state index contributed by atoms with van der Waals surface area (Å²) in [4.78, 5) is 22.6. The summed E-state index contributed by atoms with van der Waals surface area (Å²) in [5.41, 5.74) is 1.73. The molecule has 0 bridgehead atoms. The number of nitro benzene ring substituents is 1. The summed E-state index contributed by atoms with van der Waals surface area (Å²) in [6.07, 6.45) is 0. The smallest absolute Gasteiger partial charge is 0.317 e. The average molecular weight is 310 g/mol.